The van der Waals surface area contributed by atoms with Gasteiger partial charge in [0.15, 0.2) is 0 Å². The molecular weight excluding hydrogens is 200 g/mol. The smallest absolute Gasteiger partial charge is 0.0201 e. The Labute approximate surface area is 102 Å². The molecule has 0 aromatic rings. The van der Waals surface area contributed by atoms with Gasteiger partial charge in [0.25, 0.3) is 0 Å². The molecule has 0 aromatic carbocycles. The summed E-state index contributed by atoms with van der Waals surface area (Å²) >= 11 is 0. The average molecular weight is 232 g/mol. The largest absolute Gasteiger partial charge is 0.403 e. The molecule has 0 saturated heterocycles. The molecule has 0 radical (unpaired) electrons. The van der Waals surface area contributed by atoms with Crippen molar-refractivity contribution < 1.29 is 0 Å². The number of rotatable bonds is 6. The van der Waals surface area contributed by atoms with Gasteiger partial charge < -0.3 is 23.4 Å². The molecule has 9 N–H and O–H groups in total. The van der Waals surface area contributed by atoms with Crippen LogP contribution in [0.3, 0.4) is 0 Å². The second-order valence-electron chi connectivity index (χ2n) is 3.41. The molecule has 0 atom stereocenters. The predicted molar refractivity (Wildman–Crippen MR) is 76.0 cm³/mol. The van der Waals surface area contributed by atoms with Crippen molar-refractivity contribution in [1.29, 1.82) is 0 Å². The Morgan fingerprint density at radius 3 is 1.88 bits per heavy atom. The maximum atomic E-state index is 5.44. The summed E-state index contributed by atoms with van der Waals surface area (Å²) in [5.74, 6) is 0. The number of allylic oxidation sites excluding steroid dienone is 2. The van der Waals surface area contributed by atoms with E-state index in [0.717, 1.165) is 30.7 Å². The molecular formula is C12H32N4. The minimum atomic E-state index is 0. The summed E-state index contributed by atoms with van der Waals surface area (Å²) in [6.07, 6.45) is 2.90. The standard InChI is InChI=1S/C10H20N2.C2H6.2H3N/c1-8(2)12-10(4)7-5-6-9(3)11;1-2;;/h8,12H,3-7,11H2,1-2H3;1-2H3;2*1H3. The molecule has 0 aliphatic heterocycles. The minimum absolute atomic E-state index is 0. The molecule has 0 fully saturated rings. The van der Waals surface area contributed by atoms with Crippen molar-refractivity contribution in [2.24, 2.45) is 5.73 Å². The first-order valence-corrected chi connectivity index (χ1v) is 5.40. The van der Waals surface area contributed by atoms with Gasteiger partial charge in [-0.2, -0.15) is 0 Å². The first-order chi connectivity index (χ1) is 6.52. The Kier molecular flexibility index (Phi) is 25.0. The van der Waals surface area contributed by atoms with Crippen molar-refractivity contribution in [2.45, 2.75) is 53.0 Å². The summed E-state index contributed by atoms with van der Waals surface area (Å²) in [4.78, 5) is 0. The van der Waals surface area contributed by atoms with Gasteiger partial charge in [-0.25, -0.2) is 0 Å². The Morgan fingerprint density at radius 1 is 1.12 bits per heavy atom. The van der Waals surface area contributed by atoms with E-state index >= 15 is 0 Å². The van der Waals surface area contributed by atoms with Gasteiger partial charge in [-0.1, -0.05) is 27.0 Å². The molecule has 0 aliphatic rings. The van der Waals surface area contributed by atoms with Crippen molar-refractivity contribution >= 4 is 0 Å². The van der Waals surface area contributed by atoms with Gasteiger partial charge in [-0.05, 0) is 33.1 Å². The third-order valence-corrected chi connectivity index (χ3v) is 1.47. The number of nitrogens with two attached hydrogens (primary N) is 1. The van der Waals surface area contributed by atoms with E-state index in [1.165, 1.54) is 0 Å². The van der Waals surface area contributed by atoms with Crippen LogP contribution in [-0.2, 0) is 0 Å². The molecule has 0 amide bonds. The fraction of sp³-hybridized carbons (Fsp3) is 0.667. The van der Waals surface area contributed by atoms with Crippen molar-refractivity contribution in [3.63, 3.8) is 0 Å². The zero-order valence-corrected chi connectivity index (χ0v) is 11.6. The van der Waals surface area contributed by atoms with Gasteiger partial charge in [0.1, 0.15) is 0 Å². The number of nitrogens with one attached hydrogen (secondary N) is 1. The quantitative estimate of drug-likeness (QED) is 0.562. The van der Waals surface area contributed by atoms with Crippen LogP contribution in [0.25, 0.3) is 0 Å². The molecule has 0 unspecified atom stereocenters. The summed E-state index contributed by atoms with van der Waals surface area (Å²) in [5.41, 5.74) is 7.28. The van der Waals surface area contributed by atoms with Crippen LogP contribution in [0.1, 0.15) is 47.0 Å². The van der Waals surface area contributed by atoms with E-state index in [9.17, 15) is 0 Å². The second kappa shape index (κ2) is 16.4. The molecule has 0 spiro atoms. The molecule has 0 bridgehead atoms. The summed E-state index contributed by atoms with van der Waals surface area (Å²) in [7, 11) is 0. The lowest BCUT2D eigenvalue weighted by molar-refractivity contribution is 0.629. The van der Waals surface area contributed by atoms with E-state index in [1.807, 2.05) is 13.8 Å². The summed E-state index contributed by atoms with van der Waals surface area (Å²) in [6.45, 7) is 15.8. The van der Waals surface area contributed by atoms with Gasteiger partial charge in [-0.15, -0.1) is 0 Å². The third kappa shape index (κ3) is 23.1. The molecule has 0 aromatic heterocycles. The Balaban J connectivity index is -0.000000169. The van der Waals surface area contributed by atoms with E-state index < -0.39 is 0 Å². The highest BCUT2D eigenvalue weighted by Crippen LogP contribution is 2.05. The zero-order chi connectivity index (χ0) is 11.6. The van der Waals surface area contributed by atoms with Crippen LogP contribution in [-0.4, -0.2) is 6.04 Å². The average Bonchev–Trinajstić information content (AvgIpc) is 2.05. The van der Waals surface area contributed by atoms with E-state index in [0.29, 0.717) is 6.04 Å². The minimum Gasteiger partial charge on any atom is -0.403 e. The van der Waals surface area contributed by atoms with Crippen LogP contribution in [0.2, 0.25) is 0 Å². The maximum absolute atomic E-state index is 5.44. The SMILES string of the molecule is C=C(N)CCCC(=C)NC(C)C.CC.N.N. The highest BCUT2D eigenvalue weighted by molar-refractivity contribution is 4.94. The van der Waals surface area contributed by atoms with Gasteiger partial charge >= 0.3 is 0 Å². The Morgan fingerprint density at radius 2 is 1.56 bits per heavy atom. The van der Waals surface area contributed by atoms with Crippen LogP contribution in [0, 0.1) is 0 Å². The van der Waals surface area contributed by atoms with E-state index in [2.05, 4.69) is 32.3 Å². The monoisotopic (exact) mass is 232 g/mol. The van der Waals surface area contributed by atoms with Crippen LogP contribution in [0.15, 0.2) is 24.6 Å². The summed E-state index contributed by atoms with van der Waals surface area (Å²) < 4.78 is 0. The summed E-state index contributed by atoms with van der Waals surface area (Å²) in [6, 6.07) is 0.471. The fourth-order valence-electron chi connectivity index (χ4n) is 1.01. The Hall–Kier alpha value is -1.00. The van der Waals surface area contributed by atoms with Crippen molar-refractivity contribution in [2.75, 3.05) is 0 Å². The molecule has 0 heterocycles. The van der Waals surface area contributed by atoms with Crippen molar-refractivity contribution in [3.8, 4) is 0 Å². The first-order valence-electron chi connectivity index (χ1n) is 5.40. The van der Waals surface area contributed by atoms with Gasteiger partial charge in [0.05, 0.1) is 0 Å². The fourth-order valence-corrected chi connectivity index (χ4v) is 1.01. The van der Waals surface area contributed by atoms with Crippen LogP contribution >= 0.6 is 0 Å². The highest BCUT2D eigenvalue weighted by Gasteiger charge is 1.96. The lowest BCUT2D eigenvalue weighted by Gasteiger charge is -2.12. The number of hydrogen-bond acceptors (Lipinski definition) is 4. The van der Waals surface area contributed by atoms with Gasteiger partial charge in [0, 0.05) is 17.4 Å². The normalized spacial score (nSPS) is 7.81. The topological polar surface area (TPSA) is 108 Å². The van der Waals surface area contributed by atoms with E-state index in [-0.39, 0.29) is 12.3 Å². The molecule has 4 nitrogen and oxygen atoms in total. The molecule has 16 heavy (non-hydrogen) atoms. The lowest BCUT2D eigenvalue weighted by Crippen LogP contribution is -2.21. The molecule has 0 saturated carbocycles. The molecule has 0 rings (SSSR count). The molecule has 4 heteroatoms. The second-order valence-corrected chi connectivity index (χ2v) is 3.41. The van der Waals surface area contributed by atoms with Crippen LogP contribution in [0.5, 0.6) is 0 Å². The number of hydrogen-bond donors (Lipinski definition) is 4. The van der Waals surface area contributed by atoms with Crippen molar-refractivity contribution in [3.05, 3.63) is 24.6 Å². The van der Waals surface area contributed by atoms with E-state index in [4.69, 9.17) is 5.73 Å². The van der Waals surface area contributed by atoms with Gasteiger partial charge in [0.2, 0.25) is 0 Å². The zero-order valence-electron chi connectivity index (χ0n) is 11.6. The Bertz CT molecular complexity index is 164. The van der Waals surface area contributed by atoms with Crippen LogP contribution < -0.4 is 23.4 Å². The van der Waals surface area contributed by atoms with E-state index in [1.54, 1.807) is 0 Å². The van der Waals surface area contributed by atoms with Gasteiger partial charge in [-0.3, -0.25) is 0 Å². The third-order valence-electron chi connectivity index (χ3n) is 1.47. The molecule has 100 valence electrons. The highest BCUT2D eigenvalue weighted by atomic mass is 14.9. The van der Waals surface area contributed by atoms with Crippen molar-refractivity contribution in [1.82, 2.24) is 17.6 Å². The van der Waals surface area contributed by atoms with Crippen LogP contribution in [0.4, 0.5) is 0 Å². The summed E-state index contributed by atoms with van der Waals surface area (Å²) in [5, 5.41) is 3.25. The predicted octanol–water partition coefficient (Wildman–Crippen LogP) is 3.49. The first kappa shape index (κ1) is 24.3. The maximum Gasteiger partial charge on any atom is 0.0201 e. The molecule has 0 aliphatic carbocycles. The lowest BCUT2D eigenvalue weighted by atomic mass is 10.1.